The third kappa shape index (κ3) is 6.41. The van der Waals surface area contributed by atoms with Gasteiger partial charge in [-0.3, -0.25) is 9.36 Å². The Morgan fingerprint density at radius 1 is 0.935 bits per heavy atom. The summed E-state index contributed by atoms with van der Waals surface area (Å²) >= 11 is 1.19. The zero-order chi connectivity index (χ0) is 33.3. The second-order valence-corrected chi connectivity index (χ2v) is 12.3. The highest BCUT2D eigenvalue weighted by atomic mass is 32.1. The minimum atomic E-state index is -0.884. The molecule has 2 aromatic heterocycles. The highest BCUT2D eigenvalue weighted by Crippen LogP contribution is 2.38. The maximum absolute atomic E-state index is 14.1. The Hall–Kier alpha value is -4.90. The number of aromatic nitrogens is 1. The Morgan fingerprint density at radius 3 is 2.30 bits per heavy atom. The average Bonchev–Trinajstić information content (AvgIpc) is 3.59. The van der Waals surface area contributed by atoms with Gasteiger partial charge >= 0.3 is 11.9 Å². The van der Waals surface area contributed by atoms with E-state index in [2.05, 4.69) is 4.99 Å². The summed E-state index contributed by atoms with van der Waals surface area (Å²) < 4.78 is 30.1. The molecule has 4 aromatic rings. The molecule has 0 radical (unpaired) electrons. The fourth-order valence-electron chi connectivity index (χ4n) is 5.26. The molecule has 1 aliphatic rings. The summed E-state index contributed by atoms with van der Waals surface area (Å²) in [7, 11) is 3.07. The SMILES string of the molecule is COc1ccc(OC)c([C@@H]2C(C(=O)OC(C)C)=C(C)N=c3s/c(=C\c4ccc(-c5ccc(C(=O)OC(C)C)cc5C)o4)c(=O)n32)c1. The van der Waals surface area contributed by atoms with E-state index in [1.807, 2.05) is 19.1 Å². The van der Waals surface area contributed by atoms with Crippen LogP contribution < -0.4 is 24.4 Å². The Kier molecular flexibility index (Phi) is 9.34. The Bertz CT molecular complexity index is 2030. The first kappa shape index (κ1) is 32.5. The molecule has 0 bridgehead atoms. The van der Waals surface area contributed by atoms with Gasteiger partial charge in [-0.25, -0.2) is 14.6 Å². The van der Waals surface area contributed by atoms with Crippen LogP contribution >= 0.6 is 11.3 Å². The van der Waals surface area contributed by atoms with Crippen LogP contribution in [0.3, 0.4) is 0 Å². The number of hydrogen-bond acceptors (Lipinski definition) is 10. The minimum Gasteiger partial charge on any atom is -0.497 e. The van der Waals surface area contributed by atoms with Crippen LogP contribution in [0.25, 0.3) is 17.4 Å². The lowest BCUT2D eigenvalue weighted by Crippen LogP contribution is -2.40. The van der Waals surface area contributed by atoms with Gasteiger partial charge in [-0.05, 0) is 89.6 Å². The Morgan fingerprint density at radius 2 is 1.65 bits per heavy atom. The molecule has 5 rings (SSSR count). The van der Waals surface area contributed by atoms with Gasteiger partial charge in [0.15, 0.2) is 4.80 Å². The van der Waals surface area contributed by atoms with Gasteiger partial charge in [-0.1, -0.05) is 17.4 Å². The maximum atomic E-state index is 14.1. The van der Waals surface area contributed by atoms with E-state index >= 15 is 0 Å². The quantitative estimate of drug-likeness (QED) is 0.224. The van der Waals surface area contributed by atoms with Crippen LogP contribution in [0.15, 0.2) is 74.0 Å². The van der Waals surface area contributed by atoms with Crippen LogP contribution in [0.4, 0.5) is 0 Å². The number of furan rings is 1. The number of allylic oxidation sites excluding steroid dienone is 1. The Balaban J connectivity index is 1.60. The second kappa shape index (κ2) is 13.2. The third-order valence-electron chi connectivity index (χ3n) is 7.29. The van der Waals surface area contributed by atoms with E-state index in [9.17, 15) is 14.4 Å². The van der Waals surface area contributed by atoms with Gasteiger partial charge in [0.1, 0.15) is 29.1 Å². The first-order valence-electron chi connectivity index (χ1n) is 14.8. The third-order valence-corrected chi connectivity index (χ3v) is 8.27. The van der Waals surface area contributed by atoms with Crippen molar-refractivity contribution >= 4 is 29.4 Å². The maximum Gasteiger partial charge on any atom is 0.338 e. The van der Waals surface area contributed by atoms with E-state index in [1.54, 1.807) is 84.2 Å². The molecule has 0 unspecified atom stereocenters. The summed E-state index contributed by atoms with van der Waals surface area (Å²) in [6, 6.07) is 13.2. The molecule has 1 atom stereocenters. The predicted octanol–water partition coefficient (Wildman–Crippen LogP) is 5.34. The summed E-state index contributed by atoms with van der Waals surface area (Å²) in [5.74, 6) is 1.07. The molecule has 3 heterocycles. The fourth-order valence-corrected chi connectivity index (χ4v) is 6.29. The van der Waals surface area contributed by atoms with Crippen LogP contribution in [-0.2, 0) is 14.3 Å². The van der Waals surface area contributed by atoms with Crippen LogP contribution in [0.2, 0.25) is 0 Å². The smallest absolute Gasteiger partial charge is 0.338 e. The lowest BCUT2D eigenvalue weighted by Gasteiger charge is -2.26. The van der Waals surface area contributed by atoms with Gasteiger partial charge in [0.2, 0.25) is 0 Å². The van der Waals surface area contributed by atoms with E-state index < -0.39 is 12.0 Å². The summed E-state index contributed by atoms with van der Waals surface area (Å²) in [6.07, 6.45) is 1.05. The molecule has 0 saturated heterocycles. The van der Waals surface area contributed by atoms with E-state index in [0.29, 0.717) is 49.2 Å². The van der Waals surface area contributed by atoms with Crippen LogP contribution in [0.5, 0.6) is 11.5 Å². The van der Waals surface area contributed by atoms with Gasteiger partial charge in [0, 0.05) is 17.2 Å². The van der Waals surface area contributed by atoms with E-state index in [-0.39, 0.29) is 29.3 Å². The van der Waals surface area contributed by atoms with Crippen LogP contribution in [0, 0.1) is 6.92 Å². The van der Waals surface area contributed by atoms with Crippen molar-refractivity contribution in [1.82, 2.24) is 4.57 Å². The number of rotatable bonds is 9. The summed E-state index contributed by atoms with van der Waals surface area (Å²) in [6.45, 7) is 10.7. The first-order chi connectivity index (χ1) is 21.9. The molecule has 0 aliphatic carbocycles. The number of thiazole rings is 1. The molecule has 11 heteroatoms. The molecule has 0 spiro atoms. The number of carbonyl (C=O) groups is 2. The average molecular weight is 645 g/mol. The first-order valence-corrected chi connectivity index (χ1v) is 15.6. The number of ether oxygens (including phenoxy) is 4. The van der Waals surface area contributed by atoms with Crippen molar-refractivity contribution < 1.29 is 33.0 Å². The van der Waals surface area contributed by atoms with Gasteiger partial charge < -0.3 is 23.4 Å². The standard InChI is InChI=1S/C35H36N2O8S/c1-18(2)43-33(39)22-9-12-25(20(5)15-22)28-14-11-24(45-28)17-29-32(38)37-31(26-16-23(41-7)10-13-27(26)42-8)30(34(40)44-19(3)4)21(6)36-35(37)46-29/h9-19,31H,1-8H3/b29-17-/t31-/m1/s1. The molecule has 46 heavy (non-hydrogen) atoms. The van der Waals surface area contributed by atoms with Crippen molar-refractivity contribution in [2.45, 2.75) is 59.8 Å². The highest BCUT2D eigenvalue weighted by Gasteiger charge is 2.36. The van der Waals surface area contributed by atoms with Crippen LogP contribution in [-0.4, -0.2) is 42.9 Å². The number of hydrogen-bond donors (Lipinski definition) is 0. The fraction of sp³-hybridized carbons (Fsp3) is 0.314. The molecular weight excluding hydrogens is 608 g/mol. The number of carbonyl (C=O) groups excluding carboxylic acids is 2. The molecule has 0 saturated carbocycles. The minimum absolute atomic E-state index is 0.219. The topological polar surface area (TPSA) is 119 Å². The van der Waals surface area contributed by atoms with Gasteiger partial charge in [0.05, 0.1) is 47.8 Å². The van der Waals surface area contributed by atoms with Crippen molar-refractivity contribution in [1.29, 1.82) is 0 Å². The molecule has 2 aromatic carbocycles. The van der Waals surface area contributed by atoms with Gasteiger partial charge in [0.25, 0.3) is 5.56 Å². The summed E-state index contributed by atoms with van der Waals surface area (Å²) in [4.78, 5) is 45.0. The van der Waals surface area contributed by atoms with E-state index in [4.69, 9.17) is 23.4 Å². The predicted molar refractivity (Wildman–Crippen MR) is 174 cm³/mol. The second-order valence-electron chi connectivity index (χ2n) is 11.3. The number of benzene rings is 2. The lowest BCUT2D eigenvalue weighted by atomic mass is 9.94. The number of methoxy groups -OCH3 is 2. The van der Waals surface area contributed by atoms with E-state index in [0.717, 1.165) is 11.1 Å². The zero-order valence-corrected chi connectivity index (χ0v) is 27.8. The van der Waals surface area contributed by atoms with Gasteiger partial charge in [-0.2, -0.15) is 0 Å². The molecule has 10 nitrogen and oxygen atoms in total. The van der Waals surface area contributed by atoms with Crippen molar-refractivity contribution in [3.63, 3.8) is 0 Å². The van der Waals surface area contributed by atoms with Crippen molar-refractivity contribution in [2.24, 2.45) is 4.99 Å². The monoisotopic (exact) mass is 644 g/mol. The molecule has 0 N–H and O–H groups in total. The van der Waals surface area contributed by atoms with Gasteiger partial charge in [-0.15, -0.1) is 0 Å². The molecule has 0 fully saturated rings. The Labute approximate surface area is 270 Å². The number of nitrogens with zero attached hydrogens (tertiary/aromatic N) is 2. The highest BCUT2D eigenvalue weighted by molar-refractivity contribution is 7.07. The lowest BCUT2D eigenvalue weighted by molar-refractivity contribution is -0.143. The van der Waals surface area contributed by atoms with E-state index in [1.165, 1.54) is 23.0 Å². The summed E-state index contributed by atoms with van der Waals surface area (Å²) in [5.41, 5.74) is 2.95. The summed E-state index contributed by atoms with van der Waals surface area (Å²) in [5, 5.41) is 0. The molecular formula is C35H36N2O8S. The molecule has 0 amide bonds. The van der Waals surface area contributed by atoms with Crippen molar-refractivity contribution in [3.05, 3.63) is 102 Å². The normalized spacial score (nSPS) is 14.7. The number of esters is 2. The zero-order valence-electron chi connectivity index (χ0n) is 27.0. The van der Waals surface area contributed by atoms with Crippen LogP contribution in [0.1, 0.15) is 67.9 Å². The number of fused-ring (bicyclic) bond motifs is 1. The molecule has 1 aliphatic heterocycles. The number of aryl methyl sites for hydroxylation is 1. The van der Waals surface area contributed by atoms with Crippen molar-refractivity contribution in [3.8, 4) is 22.8 Å². The van der Waals surface area contributed by atoms with Crippen molar-refractivity contribution in [2.75, 3.05) is 14.2 Å². The largest absolute Gasteiger partial charge is 0.497 e. The molecule has 240 valence electrons.